The fourth-order valence-electron chi connectivity index (χ4n) is 2.01. The highest BCUT2D eigenvalue weighted by Crippen LogP contribution is 2.23. The van der Waals surface area contributed by atoms with Crippen LogP contribution in [0.3, 0.4) is 0 Å². The average molecular weight is 309 g/mol. The summed E-state index contributed by atoms with van der Waals surface area (Å²) in [6, 6.07) is -1.16. The topological polar surface area (TPSA) is 87.8 Å². The molecule has 1 amide bonds. The van der Waals surface area contributed by atoms with Crippen molar-refractivity contribution in [2.45, 2.75) is 31.9 Å². The van der Waals surface area contributed by atoms with Crippen LogP contribution in [0.5, 0.6) is 0 Å². The molecule has 1 aliphatic heterocycles. The van der Waals surface area contributed by atoms with Gasteiger partial charge in [0.1, 0.15) is 6.10 Å². The second-order valence-corrected chi connectivity index (χ2v) is 5.60. The van der Waals surface area contributed by atoms with Gasteiger partial charge in [0.15, 0.2) is 0 Å². The quantitative estimate of drug-likeness (QED) is 0.585. The maximum atomic E-state index is 13.8. The van der Waals surface area contributed by atoms with Crippen LogP contribution in [-0.2, 0) is 9.53 Å². The van der Waals surface area contributed by atoms with Gasteiger partial charge in [0, 0.05) is 32.2 Å². The summed E-state index contributed by atoms with van der Waals surface area (Å²) in [5.74, 6) is -5.74. The molecular formula is C13H25F2N3O3. The normalized spacial score (nSPS) is 20.3. The molecule has 0 bridgehead atoms. The van der Waals surface area contributed by atoms with Crippen molar-refractivity contribution in [3.8, 4) is 0 Å². The van der Waals surface area contributed by atoms with Crippen LogP contribution in [0.2, 0.25) is 0 Å². The molecule has 0 spiro atoms. The van der Waals surface area contributed by atoms with Crippen molar-refractivity contribution in [3.63, 3.8) is 0 Å². The summed E-state index contributed by atoms with van der Waals surface area (Å²) in [6.07, 6.45) is -2.19. The van der Waals surface area contributed by atoms with E-state index < -0.39 is 24.0 Å². The summed E-state index contributed by atoms with van der Waals surface area (Å²) in [6.45, 7) is 6.43. The Hall–Kier alpha value is -0.830. The Morgan fingerprint density at radius 1 is 1.43 bits per heavy atom. The number of hydrogen-bond donors (Lipinski definition) is 3. The molecule has 0 aromatic rings. The van der Waals surface area contributed by atoms with E-state index in [1.54, 1.807) is 13.8 Å². The molecule has 124 valence electrons. The monoisotopic (exact) mass is 309 g/mol. The number of nitrogens with two attached hydrogens (primary N) is 1. The van der Waals surface area contributed by atoms with Crippen LogP contribution < -0.4 is 11.1 Å². The summed E-state index contributed by atoms with van der Waals surface area (Å²) >= 11 is 0. The maximum absolute atomic E-state index is 13.8. The minimum Gasteiger partial charge on any atom is -0.385 e. The highest BCUT2D eigenvalue weighted by Gasteiger charge is 2.49. The number of amides is 1. The third-order valence-corrected chi connectivity index (χ3v) is 3.63. The lowest BCUT2D eigenvalue weighted by molar-refractivity contribution is -0.167. The Bertz CT molecular complexity index is 337. The number of carbonyl (C=O) groups excluding carboxylic acids is 1. The number of nitrogens with zero attached hydrogens (tertiary/aromatic N) is 1. The Morgan fingerprint density at radius 3 is 2.52 bits per heavy atom. The first-order chi connectivity index (χ1) is 9.76. The predicted octanol–water partition coefficient (Wildman–Crippen LogP) is -0.586. The van der Waals surface area contributed by atoms with Crippen LogP contribution in [0.4, 0.5) is 8.78 Å². The number of hydrogen-bond acceptors (Lipinski definition) is 5. The Morgan fingerprint density at radius 2 is 2.00 bits per heavy atom. The number of aliphatic hydroxyl groups is 1. The predicted molar refractivity (Wildman–Crippen MR) is 74.0 cm³/mol. The number of nitrogens with one attached hydrogen (secondary N) is 1. The first-order valence-corrected chi connectivity index (χ1v) is 7.16. The molecule has 1 unspecified atom stereocenters. The van der Waals surface area contributed by atoms with E-state index in [-0.39, 0.29) is 12.5 Å². The highest BCUT2D eigenvalue weighted by molar-refractivity contribution is 5.84. The van der Waals surface area contributed by atoms with Crippen LogP contribution in [0.25, 0.3) is 0 Å². The van der Waals surface area contributed by atoms with E-state index >= 15 is 0 Å². The van der Waals surface area contributed by atoms with Crippen molar-refractivity contribution < 1.29 is 23.4 Å². The SMILES string of the molecule is CC(C)[C@H](N)C(O)C(F)(F)C(=O)NCCN1CCOCC1. The smallest absolute Gasteiger partial charge is 0.351 e. The van der Waals surface area contributed by atoms with E-state index in [4.69, 9.17) is 10.5 Å². The van der Waals surface area contributed by atoms with E-state index in [0.717, 1.165) is 0 Å². The molecular weight excluding hydrogens is 284 g/mol. The number of morpholine rings is 1. The van der Waals surface area contributed by atoms with Gasteiger partial charge in [-0.2, -0.15) is 8.78 Å². The van der Waals surface area contributed by atoms with Crippen molar-refractivity contribution in [3.05, 3.63) is 0 Å². The van der Waals surface area contributed by atoms with Crippen LogP contribution in [0, 0.1) is 5.92 Å². The van der Waals surface area contributed by atoms with Crippen LogP contribution in [0.15, 0.2) is 0 Å². The molecule has 1 heterocycles. The third-order valence-electron chi connectivity index (χ3n) is 3.63. The van der Waals surface area contributed by atoms with Crippen molar-refractivity contribution in [2.24, 2.45) is 11.7 Å². The Labute approximate surface area is 123 Å². The first-order valence-electron chi connectivity index (χ1n) is 7.16. The fraction of sp³-hybridized carbons (Fsp3) is 0.923. The molecule has 2 atom stereocenters. The summed E-state index contributed by atoms with van der Waals surface area (Å²) in [7, 11) is 0. The van der Waals surface area contributed by atoms with Gasteiger partial charge in [0.25, 0.3) is 5.91 Å². The zero-order valence-electron chi connectivity index (χ0n) is 12.5. The lowest BCUT2D eigenvalue weighted by atomic mass is 9.95. The number of alkyl halides is 2. The number of aliphatic hydroxyl groups excluding tert-OH is 1. The number of rotatable bonds is 7. The molecule has 0 aromatic carbocycles. The van der Waals surface area contributed by atoms with E-state index in [2.05, 4.69) is 5.32 Å². The second kappa shape index (κ2) is 7.98. The number of halogens is 2. The van der Waals surface area contributed by atoms with Gasteiger partial charge in [0.2, 0.25) is 0 Å². The van der Waals surface area contributed by atoms with Crippen molar-refractivity contribution in [1.29, 1.82) is 0 Å². The molecule has 1 saturated heterocycles. The highest BCUT2D eigenvalue weighted by atomic mass is 19.3. The Kier molecular flexibility index (Phi) is 6.92. The van der Waals surface area contributed by atoms with Gasteiger partial charge in [-0.3, -0.25) is 9.69 Å². The molecule has 0 aliphatic carbocycles. The van der Waals surface area contributed by atoms with E-state index in [1.807, 2.05) is 4.90 Å². The van der Waals surface area contributed by atoms with Crippen molar-refractivity contribution >= 4 is 5.91 Å². The molecule has 0 saturated carbocycles. The average Bonchev–Trinajstić information content (AvgIpc) is 2.46. The first kappa shape index (κ1) is 18.2. The van der Waals surface area contributed by atoms with Crippen molar-refractivity contribution in [2.75, 3.05) is 39.4 Å². The minimum absolute atomic E-state index is 0.0953. The van der Waals surface area contributed by atoms with E-state index in [9.17, 15) is 18.7 Å². The molecule has 21 heavy (non-hydrogen) atoms. The molecule has 6 nitrogen and oxygen atoms in total. The van der Waals surface area contributed by atoms with Gasteiger partial charge < -0.3 is 20.9 Å². The summed E-state index contributed by atoms with van der Waals surface area (Å²) in [5, 5.41) is 11.7. The summed E-state index contributed by atoms with van der Waals surface area (Å²) < 4.78 is 32.8. The lowest BCUT2D eigenvalue weighted by Crippen LogP contribution is -2.57. The molecule has 0 radical (unpaired) electrons. The fourth-order valence-corrected chi connectivity index (χ4v) is 2.01. The lowest BCUT2D eigenvalue weighted by Gasteiger charge is -2.29. The molecule has 4 N–H and O–H groups in total. The number of ether oxygens (including phenoxy) is 1. The maximum Gasteiger partial charge on any atom is 0.351 e. The van der Waals surface area contributed by atoms with Gasteiger partial charge in [-0.1, -0.05) is 13.8 Å². The van der Waals surface area contributed by atoms with Gasteiger partial charge >= 0.3 is 5.92 Å². The number of carbonyl (C=O) groups is 1. The van der Waals surface area contributed by atoms with Gasteiger partial charge in [-0.15, -0.1) is 0 Å². The molecule has 1 fully saturated rings. The van der Waals surface area contributed by atoms with Crippen LogP contribution in [0.1, 0.15) is 13.8 Å². The van der Waals surface area contributed by atoms with Crippen LogP contribution in [-0.4, -0.2) is 73.4 Å². The standard InChI is InChI=1S/C13H25F2N3O3/c1-9(2)10(16)11(19)13(14,15)12(20)17-3-4-18-5-7-21-8-6-18/h9-11,19H,3-8,16H2,1-2H3,(H,17,20)/t10-,11?/m0/s1. The van der Waals surface area contributed by atoms with Crippen molar-refractivity contribution in [1.82, 2.24) is 10.2 Å². The Balaban J connectivity index is 2.41. The van der Waals surface area contributed by atoms with E-state index in [0.29, 0.717) is 32.8 Å². The summed E-state index contributed by atoms with van der Waals surface area (Å²) in [5.41, 5.74) is 5.50. The summed E-state index contributed by atoms with van der Waals surface area (Å²) in [4.78, 5) is 13.6. The van der Waals surface area contributed by atoms with Gasteiger partial charge in [-0.25, -0.2) is 0 Å². The minimum atomic E-state index is -3.89. The second-order valence-electron chi connectivity index (χ2n) is 5.60. The molecule has 0 aromatic heterocycles. The molecule has 1 rings (SSSR count). The third kappa shape index (κ3) is 5.14. The van der Waals surface area contributed by atoms with Gasteiger partial charge in [-0.05, 0) is 5.92 Å². The molecule has 1 aliphatic rings. The molecule has 8 heteroatoms. The van der Waals surface area contributed by atoms with E-state index in [1.165, 1.54) is 0 Å². The zero-order valence-corrected chi connectivity index (χ0v) is 12.5. The zero-order chi connectivity index (χ0) is 16.0. The largest absolute Gasteiger partial charge is 0.385 e. The van der Waals surface area contributed by atoms with Gasteiger partial charge in [0.05, 0.1) is 13.2 Å². The van der Waals surface area contributed by atoms with Crippen LogP contribution >= 0.6 is 0 Å².